The molecule has 3 N–H and O–H groups in total. The van der Waals surface area contributed by atoms with Gasteiger partial charge in [-0.05, 0) is 18.6 Å². The Hall–Kier alpha value is -4.02. The summed E-state index contributed by atoms with van der Waals surface area (Å²) in [5.41, 5.74) is 0.836. The molecule has 30 heavy (non-hydrogen) atoms. The standard InChI is InChI=1S/C19H17N5O6/c25-14-5-4-13(16(26)22-14)24-17(27)11-2-1-3-12(15(11)18(24)28)20-6-7-23-9-10(8-21-23)19(29)30/h1-3,8-9,13,20H,4-7H2,(H,29,30)(H,22,25,26). The third-order valence-corrected chi connectivity index (χ3v) is 5.00. The second-order valence-electron chi connectivity index (χ2n) is 6.90. The molecule has 11 nitrogen and oxygen atoms in total. The average molecular weight is 411 g/mol. The number of fused-ring (bicyclic) bond motifs is 1. The number of aromatic carboxylic acids is 1. The first kappa shape index (κ1) is 19.3. The minimum absolute atomic E-state index is 0.0527. The number of carboxylic acids is 1. The molecule has 2 aromatic rings. The third kappa shape index (κ3) is 3.30. The van der Waals surface area contributed by atoms with E-state index >= 15 is 0 Å². The number of imide groups is 2. The normalized spacial score (nSPS) is 18.4. The lowest BCUT2D eigenvalue weighted by Crippen LogP contribution is -2.54. The fourth-order valence-electron chi connectivity index (χ4n) is 3.56. The summed E-state index contributed by atoms with van der Waals surface area (Å²) >= 11 is 0. The number of amides is 4. The molecule has 1 aromatic heterocycles. The number of nitrogens with zero attached hydrogens (tertiary/aromatic N) is 3. The van der Waals surface area contributed by atoms with Crippen LogP contribution in [-0.4, -0.2) is 62.0 Å². The van der Waals surface area contributed by atoms with Crippen molar-refractivity contribution in [1.29, 1.82) is 0 Å². The van der Waals surface area contributed by atoms with Crippen molar-refractivity contribution in [2.45, 2.75) is 25.4 Å². The number of aromatic nitrogens is 2. The molecule has 0 spiro atoms. The molecule has 2 aliphatic heterocycles. The summed E-state index contributed by atoms with van der Waals surface area (Å²) in [6.45, 7) is 0.646. The van der Waals surface area contributed by atoms with Gasteiger partial charge in [-0.3, -0.25) is 34.1 Å². The summed E-state index contributed by atoms with van der Waals surface area (Å²) in [4.78, 5) is 61.1. The van der Waals surface area contributed by atoms with Crippen LogP contribution in [0.25, 0.3) is 0 Å². The van der Waals surface area contributed by atoms with Crippen LogP contribution in [0.5, 0.6) is 0 Å². The van der Waals surface area contributed by atoms with E-state index in [1.165, 1.54) is 23.1 Å². The molecule has 0 bridgehead atoms. The minimum Gasteiger partial charge on any atom is -0.478 e. The van der Waals surface area contributed by atoms with Crippen LogP contribution in [0, 0.1) is 0 Å². The highest BCUT2D eigenvalue weighted by atomic mass is 16.4. The molecule has 0 radical (unpaired) electrons. The topological polar surface area (TPSA) is 151 Å². The maximum Gasteiger partial charge on any atom is 0.338 e. The van der Waals surface area contributed by atoms with Gasteiger partial charge in [-0.15, -0.1) is 0 Å². The van der Waals surface area contributed by atoms with Crippen molar-refractivity contribution in [3.05, 3.63) is 47.3 Å². The maximum absolute atomic E-state index is 13.0. The molecule has 0 saturated carbocycles. The van der Waals surface area contributed by atoms with E-state index in [2.05, 4.69) is 15.7 Å². The van der Waals surface area contributed by atoms with Crippen LogP contribution in [-0.2, 0) is 16.1 Å². The summed E-state index contributed by atoms with van der Waals surface area (Å²) in [6, 6.07) is 3.75. The number of rotatable bonds is 6. The van der Waals surface area contributed by atoms with Crippen molar-refractivity contribution >= 4 is 35.3 Å². The van der Waals surface area contributed by atoms with Crippen LogP contribution in [0.4, 0.5) is 5.69 Å². The van der Waals surface area contributed by atoms with E-state index in [9.17, 15) is 24.0 Å². The first-order chi connectivity index (χ1) is 14.4. The summed E-state index contributed by atoms with van der Waals surface area (Å²) in [5, 5.41) is 18.1. The second-order valence-corrected chi connectivity index (χ2v) is 6.90. The van der Waals surface area contributed by atoms with E-state index < -0.39 is 35.6 Å². The molecule has 1 saturated heterocycles. The van der Waals surface area contributed by atoms with E-state index in [1.807, 2.05) is 0 Å². The lowest BCUT2D eigenvalue weighted by molar-refractivity contribution is -0.136. The molecule has 2 aliphatic rings. The van der Waals surface area contributed by atoms with Gasteiger partial charge in [0.1, 0.15) is 6.04 Å². The van der Waals surface area contributed by atoms with Crippen molar-refractivity contribution in [2.75, 3.05) is 11.9 Å². The average Bonchev–Trinajstić information content (AvgIpc) is 3.27. The molecular weight excluding hydrogens is 394 g/mol. The van der Waals surface area contributed by atoms with Crippen LogP contribution in [0.3, 0.4) is 0 Å². The van der Waals surface area contributed by atoms with Gasteiger partial charge in [0.2, 0.25) is 11.8 Å². The molecule has 3 heterocycles. The van der Waals surface area contributed by atoms with Gasteiger partial charge in [0, 0.05) is 24.8 Å². The Labute approximate surface area is 169 Å². The first-order valence-corrected chi connectivity index (χ1v) is 9.21. The van der Waals surface area contributed by atoms with Crippen LogP contribution >= 0.6 is 0 Å². The van der Waals surface area contributed by atoms with Gasteiger partial charge < -0.3 is 10.4 Å². The zero-order valence-corrected chi connectivity index (χ0v) is 15.6. The Morgan fingerprint density at radius 1 is 1.23 bits per heavy atom. The van der Waals surface area contributed by atoms with Crippen LogP contribution in [0.1, 0.15) is 43.9 Å². The van der Waals surface area contributed by atoms with Gasteiger partial charge in [0.15, 0.2) is 0 Å². The quantitative estimate of drug-likeness (QED) is 0.566. The molecule has 1 fully saturated rings. The molecule has 1 atom stereocenters. The summed E-state index contributed by atoms with van der Waals surface area (Å²) in [5.74, 6) is -3.35. The Morgan fingerprint density at radius 3 is 2.73 bits per heavy atom. The molecular formula is C19H17N5O6. The molecule has 4 rings (SSSR count). The van der Waals surface area contributed by atoms with Gasteiger partial charge in [-0.2, -0.15) is 5.10 Å². The van der Waals surface area contributed by atoms with E-state index in [-0.39, 0.29) is 29.5 Å². The molecule has 11 heteroatoms. The van der Waals surface area contributed by atoms with Crippen molar-refractivity contribution in [1.82, 2.24) is 20.0 Å². The number of anilines is 1. The Kier molecular flexibility index (Phi) is 4.78. The van der Waals surface area contributed by atoms with Crippen molar-refractivity contribution in [2.24, 2.45) is 0 Å². The van der Waals surface area contributed by atoms with Gasteiger partial charge in [0.05, 0.1) is 29.4 Å². The molecule has 154 valence electrons. The molecule has 1 aromatic carbocycles. The fraction of sp³-hybridized carbons (Fsp3) is 0.263. The number of hydrogen-bond acceptors (Lipinski definition) is 7. The predicted molar refractivity (Wildman–Crippen MR) is 101 cm³/mol. The maximum atomic E-state index is 13.0. The highest BCUT2D eigenvalue weighted by Crippen LogP contribution is 2.32. The third-order valence-electron chi connectivity index (χ3n) is 5.00. The van der Waals surface area contributed by atoms with Crippen molar-refractivity contribution in [3.8, 4) is 0 Å². The van der Waals surface area contributed by atoms with Crippen LogP contribution in [0.2, 0.25) is 0 Å². The Balaban J connectivity index is 1.50. The summed E-state index contributed by atoms with van der Waals surface area (Å²) in [7, 11) is 0. The largest absolute Gasteiger partial charge is 0.478 e. The second kappa shape index (κ2) is 7.43. The van der Waals surface area contributed by atoms with Gasteiger partial charge in [0.25, 0.3) is 11.8 Å². The van der Waals surface area contributed by atoms with Crippen molar-refractivity contribution < 1.29 is 29.1 Å². The molecule has 0 aliphatic carbocycles. The summed E-state index contributed by atoms with van der Waals surface area (Å²) < 4.78 is 1.45. The minimum atomic E-state index is -1.08. The van der Waals surface area contributed by atoms with E-state index in [0.29, 0.717) is 18.8 Å². The monoisotopic (exact) mass is 411 g/mol. The van der Waals surface area contributed by atoms with E-state index in [1.54, 1.807) is 12.1 Å². The van der Waals surface area contributed by atoms with Gasteiger partial charge in [-0.1, -0.05) is 6.07 Å². The Bertz CT molecular complexity index is 1090. The van der Waals surface area contributed by atoms with Crippen LogP contribution in [0.15, 0.2) is 30.6 Å². The van der Waals surface area contributed by atoms with Crippen molar-refractivity contribution in [3.63, 3.8) is 0 Å². The lowest BCUT2D eigenvalue weighted by atomic mass is 10.0. The highest BCUT2D eigenvalue weighted by Gasteiger charge is 2.45. The number of benzene rings is 1. The smallest absolute Gasteiger partial charge is 0.338 e. The summed E-state index contributed by atoms with van der Waals surface area (Å²) in [6.07, 6.45) is 2.77. The highest BCUT2D eigenvalue weighted by molar-refractivity contribution is 6.25. The predicted octanol–water partition coefficient (Wildman–Crippen LogP) is 0.0946. The number of carboxylic acid groups (broad SMARTS) is 1. The van der Waals surface area contributed by atoms with E-state index in [4.69, 9.17) is 5.11 Å². The molecule has 4 amide bonds. The fourth-order valence-corrected chi connectivity index (χ4v) is 3.56. The molecule has 1 unspecified atom stereocenters. The van der Waals surface area contributed by atoms with Gasteiger partial charge >= 0.3 is 5.97 Å². The SMILES string of the molecule is O=C1CCC(N2C(=O)c3cccc(NCCn4cc(C(=O)O)cn4)c3C2=O)C(=O)N1. The lowest BCUT2D eigenvalue weighted by Gasteiger charge is -2.27. The zero-order chi connectivity index (χ0) is 21.4. The number of carbonyl (C=O) groups excluding carboxylic acids is 4. The number of carbonyl (C=O) groups is 5. The number of nitrogens with one attached hydrogen (secondary N) is 2. The van der Waals surface area contributed by atoms with Crippen LogP contribution < -0.4 is 10.6 Å². The number of hydrogen-bond donors (Lipinski definition) is 3. The first-order valence-electron chi connectivity index (χ1n) is 9.21. The Morgan fingerprint density at radius 2 is 2.03 bits per heavy atom. The number of piperidine rings is 1. The van der Waals surface area contributed by atoms with E-state index in [0.717, 1.165) is 4.90 Å². The van der Waals surface area contributed by atoms with Gasteiger partial charge in [-0.25, -0.2) is 4.79 Å². The zero-order valence-electron chi connectivity index (χ0n) is 15.6.